The minimum Gasteiger partial charge on any atom is -0.484 e. The number of hydrogen-bond donors (Lipinski definition) is 1. The van der Waals surface area contributed by atoms with Crippen molar-refractivity contribution in [3.8, 4) is 16.5 Å². The second-order valence-electron chi connectivity index (χ2n) is 6.84. The number of hydrogen-bond acceptors (Lipinski definition) is 8. The number of piperazine rings is 1. The monoisotopic (exact) mass is 427 g/mol. The van der Waals surface area contributed by atoms with Crippen molar-refractivity contribution >= 4 is 23.2 Å². The fraction of sp³-hybridized carbons (Fsp3) is 0.300. The van der Waals surface area contributed by atoms with E-state index in [0.717, 1.165) is 18.0 Å². The van der Waals surface area contributed by atoms with Gasteiger partial charge in [-0.15, -0.1) is 11.3 Å². The summed E-state index contributed by atoms with van der Waals surface area (Å²) in [7, 11) is 0. The molecule has 1 aliphatic heterocycles. The number of ether oxygens (including phenoxy) is 1. The zero-order valence-electron chi connectivity index (χ0n) is 16.2. The quantitative estimate of drug-likeness (QED) is 0.609. The third kappa shape index (κ3) is 4.84. The molecular formula is C20H21N5O4S. The molecule has 1 saturated heterocycles. The number of aromatic nitrogens is 2. The molecule has 1 aliphatic rings. The van der Waals surface area contributed by atoms with Crippen LogP contribution >= 0.6 is 11.3 Å². The van der Waals surface area contributed by atoms with Gasteiger partial charge in [-0.05, 0) is 35.7 Å². The second kappa shape index (κ2) is 9.06. The molecular weight excluding hydrogens is 406 g/mol. The summed E-state index contributed by atoms with van der Waals surface area (Å²) in [5, 5.41) is 6.01. The van der Waals surface area contributed by atoms with Crippen LogP contribution in [0.25, 0.3) is 10.7 Å². The Labute approximate surface area is 177 Å². The number of carbonyl (C=O) groups is 2. The zero-order valence-corrected chi connectivity index (χ0v) is 17.0. The van der Waals surface area contributed by atoms with Crippen molar-refractivity contribution in [1.82, 2.24) is 19.9 Å². The first-order valence-corrected chi connectivity index (χ1v) is 10.4. The lowest BCUT2D eigenvalue weighted by molar-refractivity contribution is -0.119. The van der Waals surface area contributed by atoms with Gasteiger partial charge in [-0.3, -0.25) is 14.5 Å². The molecule has 3 aromatic rings. The van der Waals surface area contributed by atoms with Gasteiger partial charge in [0, 0.05) is 31.7 Å². The molecule has 1 aromatic carbocycles. The molecule has 0 radical (unpaired) electrons. The van der Waals surface area contributed by atoms with E-state index in [4.69, 9.17) is 15.0 Å². The Morgan fingerprint density at radius 1 is 1.13 bits per heavy atom. The van der Waals surface area contributed by atoms with Crippen LogP contribution in [0.2, 0.25) is 0 Å². The summed E-state index contributed by atoms with van der Waals surface area (Å²) in [5.74, 6) is 1.10. The molecule has 0 aliphatic carbocycles. The maximum atomic E-state index is 12.7. The van der Waals surface area contributed by atoms with Crippen molar-refractivity contribution in [3.63, 3.8) is 0 Å². The molecule has 30 heavy (non-hydrogen) atoms. The van der Waals surface area contributed by atoms with Gasteiger partial charge in [0.05, 0.1) is 11.4 Å². The van der Waals surface area contributed by atoms with E-state index in [2.05, 4.69) is 15.0 Å². The fourth-order valence-electron chi connectivity index (χ4n) is 3.16. The predicted octanol–water partition coefficient (Wildman–Crippen LogP) is 1.62. The standard InChI is InChI=1S/C20H21N5O4S/c21-17(26)13-28-15-5-3-14(4-6-15)20(27)25-9-7-24(8-10-25)12-18-22-19(23-29-18)16-2-1-11-30-16/h1-6,11H,7-10,12-13H2,(H2,21,26). The first-order valence-electron chi connectivity index (χ1n) is 9.48. The van der Waals surface area contributed by atoms with Crippen LogP contribution in [0, 0.1) is 0 Å². The average molecular weight is 427 g/mol. The lowest BCUT2D eigenvalue weighted by Gasteiger charge is -2.34. The number of thiophene rings is 1. The highest BCUT2D eigenvalue weighted by atomic mass is 32.1. The van der Waals surface area contributed by atoms with E-state index >= 15 is 0 Å². The normalized spacial score (nSPS) is 14.6. The SMILES string of the molecule is NC(=O)COc1ccc(C(=O)N2CCN(Cc3nc(-c4cccs4)no3)CC2)cc1. The largest absolute Gasteiger partial charge is 0.484 e. The van der Waals surface area contributed by atoms with Crippen LogP contribution in [0.5, 0.6) is 5.75 Å². The maximum Gasteiger partial charge on any atom is 0.255 e. The van der Waals surface area contributed by atoms with Crippen LogP contribution in [0.3, 0.4) is 0 Å². The molecule has 0 spiro atoms. The van der Waals surface area contributed by atoms with Crippen molar-refractivity contribution in [3.05, 3.63) is 53.2 Å². The highest BCUT2D eigenvalue weighted by Gasteiger charge is 2.23. The van der Waals surface area contributed by atoms with Gasteiger partial charge in [-0.1, -0.05) is 11.2 Å². The van der Waals surface area contributed by atoms with E-state index in [0.29, 0.717) is 42.7 Å². The topological polar surface area (TPSA) is 115 Å². The van der Waals surface area contributed by atoms with E-state index in [1.807, 2.05) is 22.4 Å². The summed E-state index contributed by atoms with van der Waals surface area (Å²) >= 11 is 1.57. The van der Waals surface area contributed by atoms with Gasteiger partial charge in [0.15, 0.2) is 6.61 Å². The molecule has 3 heterocycles. The van der Waals surface area contributed by atoms with Gasteiger partial charge >= 0.3 is 0 Å². The van der Waals surface area contributed by atoms with Crippen molar-refractivity contribution in [2.45, 2.75) is 6.54 Å². The van der Waals surface area contributed by atoms with E-state index in [1.165, 1.54) is 0 Å². The third-order valence-corrected chi connectivity index (χ3v) is 5.58. The van der Waals surface area contributed by atoms with Crippen LogP contribution in [-0.2, 0) is 11.3 Å². The molecule has 1 fully saturated rings. The summed E-state index contributed by atoms with van der Waals surface area (Å²) in [6.07, 6.45) is 0. The van der Waals surface area contributed by atoms with Gasteiger partial charge in [0.2, 0.25) is 11.7 Å². The zero-order chi connectivity index (χ0) is 20.9. The van der Waals surface area contributed by atoms with Crippen LogP contribution in [0.4, 0.5) is 0 Å². The van der Waals surface area contributed by atoms with Gasteiger partial charge in [-0.25, -0.2) is 0 Å². The molecule has 0 unspecified atom stereocenters. The number of benzene rings is 1. The van der Waals surface area contributed by atoms with Crippen molar-refractivity contribution in [2.75, 3.05) is 32.8 Å². The summed E-state index contributed by atoms with van der Waals surface area (Å²) in [5.41, 5.74) is 5.63. The fourth-order valence-corrected chi connectivity index (χ4v) is 3.81. The van der Waals surface area contributed by atoms with Gasteiger partial charge < -0.3 is 19.9 Å². The Hall–Kier alpha value is -3.24. The second-order valence-corrected chi connectivity index (χ2v) is 7.78. The van der Waals surface area contributed by atoms with Gasteiger partial charge in [0.25, 0.3) is 11.8 Å². The number of amides is 2. The number of nitrogens with zero attached hydrogens (tertiary/aromatic N) is 4. The molecule has 0 atom stereocenters. The molecule has 156 valence electrons. The molecule has 4 rings (SSSR count). The summed E-state index contributed by atoms with van der Waals surface area (Å²) in [6, 6.07) is 10.6. The highest BCUT2D eigenvalue weighted by molar-refractivity contribution is 7.13. The third-order valence-electron chi connectivity index (χ3n) is 4.71. The summed E-state index contributed by atoms with van der Waals surface area (Å²) in [6.45, 7) is 3.05. The Kier molecular flexibility index (Phi) is 6.05. The molecule has 0 saturated carbocycles. The Bertz CT molecular complexity index is 995. The lowest BCUT2D eigenvalue weighted by Crippen LogP contribution is -2.48. The number of primary amides is 1. The van der Waals surface area contributed by atoms with Crippen molar-refractivity contribution in [1.29, 1.82) is 0 Å². The van der Waals surface area contributed by atoms with Crippen LogP contribution < -0.4 is 10.5 Å². The minimum atomic E-state index is -0.545. The Morgan fingerprint density at radius 3 is 2.57 bits per heavy atom. The van der Waals surface area contributed by atoms with E-state index in [1.54, 1.807) is 35.6 Å². The molecule has 9 nitrogen and oxygen atoms in total. The van der Waals surface area contributed by atoms with Crippen LogP contribution in [0.1, 0.15) is 16.2 Å². The Morgan fingerprint density at radius 2 is 1.90 bits per heavy atom. The molecule has 0 bridgehead atoms. The molecule has 2 amide bonds. The number of rotatable bonds is 7. The smallest absolute Gasteiger partial charge is 0.255 e. The average Bonchev–Trinajstić information content (AvgIpc) is 3.45. The Balaban J connectivity index is 1.28. The molecule has 2 aromatic heterocycles. The molecule has 2 N–H and O–H groups in total. The van der Waals surface area contributed by atoms with Crippen molar-refractivity contribution in [2.24, 2.45) is 5.73 Å². The minimum absolute atomic E-state index is 0.0335. The number of carbonyl (C=O) groups excluding carboxylic acids is 2. The summed E-state index contributed by atoms with van der Waals surface area (Å²) in [4.78, 5) is 32.9. The first kappa shape index (κ1) is 20.0. The summed E-state index contributed by atoms with van der Waals surface area (Å²) < 4.78 is 10.6. The number of nitrogens with two attached hydrogens (primary N) is 1. The van der Waals surface area contributed by atoms with Gasteiger partial charge in [0.1, 0.15) is 5.75 Å². The highest BCUT2D eigenvalue weighted by Crippen LogP contribution is 2.22. The van der Waals surface area contributed by atoms with Gasteiger partial charge in [-0.2, -0.15) is 4.98 Å². The van der Waals surface area contributed by atoms with E-state index in [9.17, 15) is 9.59 Å². The van der Waals surface area contributed by atoms with Crippen LogP contribution in [-0.4, -0.2) is 64.5 Å². The van der Waals surface area contributed by atoms with Crippen molar-refractivity contribution < 1.29 is 18.8 Å². The predicted molar refractivity (Wildman–Crippen MR) is 110 cm³/mol. The van der Waals surface area contributed by atoms with E-state index in [-0.39, 0.29) is 12.5 Å². The maximum absolute atomic E-state index is 12.7. The molecule has 10 heteroatoms. The van der Waals surface area contributed by atoms with E-state index < -0.39 is 5.91 Å². The lowest BCUT2D eigenvalue weighted by atomic mass is 10.1. The van der Waals surface area contributed by atoms with Crippen LogP contribution in [0.15, 0.2) is 46.3 Å². The first-order chi connectivity index (χ1) is 14.6.